The highest BCUT2D eigenvalue weighted by Gasteiger charge is 2.46. The first-order valence-corrected chi connectivity index (χ1v) is 14.6. The van der Waals surface area contributed by atoms with E-state index in [4.69, 9.17) is 9.72 Å². The van der Waals surface area contributed by atoms with Gasteiger partial charge in [-0.25, -0.2) is 18.2 Å². The van der Waals surface area contributed by atoms with Crippen LogP contribution in [-0.2, 0) is 0 Å². The fourth-order valence-electron chi connectivity index (χ4n) is 6.97. The highest BCUT2D eigenvalue weighted by atomic mass is 19.1. The van der Waals surface area contributed by atoms with E-state index in [-0.39, 0.29) is 51.5 Å². The second kappa shape index (κ2) is 9.67. The molecular formula is C31H31F3N6O2. The molecule has 4 aromatic rings. The molecule has 3 aliphatic heterocycles. The zero-order chi connectivity index (χ0) is 28.6. The summed E-state index contributed by atoms with van der Waals surface area (Å²) in [5.74, 6) is -0.741. The van der Waals surface area contributed by atoms with Gasteiger partial charge in [0.25, 0.3) is 0 Å². The number of aromatic nitrogens is 3. The number of hydrogen-bond acceptors (Lipinski definition) is 8. The number of alkyl halides is 1. The minimum absolute atomic E-state index is 0.0564. The third kappa shape index (κ3) is 4.41. The maximum atomic E-state index is 15.9. The minimum Gasteiger partial charge on any atom is -0.508 e. The monoisotopic (exact) mass is 576 g/mol. The van der Waals surface area contributed by atoms with Crippen molar-refractivity contribution in [1.29, 1.82) is 0 Å². The molecule has 8 rings (SSSR count). The number of halogens is 3. The van der Waals surface area contributed by atoms with Gasteiger partial charge in [-0.15, -0.1) is 0 Å². The lowest BCUT2D eigenvalue weighted by Gasteiger charge is -2.54. The molecule has 4 fully saturated rings. The van der Waals surface area contributed by atoms with Gasteiger partial charge in [-0.05, 0) is 55.3 Å². The molecule has 3 atom stereocenters. The summed E-state index contributed by atoms with van der Waals surface area (Å²) in [6.45, 7) is 4.00. The molecule has 4 aliphatic rings. The van der Waals surface area contributed by atoms with Crippen LogP contribution in [0, 0.1) is 17.0 Å². The number of nitrogens with one attached hydrogen (secondary N) is 1. The third-order valence-corrected chi connectivity index (χ3v) is 9.34. The molecule has 2 unspecified atom stereocenters. The van der Waals surface area contributed by atoms with Gasteiger partial charge in [0.1, 0.15) is 35.1 Å². The van der Waals surface area contributed by atoms with Gasteiger partial charge in [-0.2, -0.15) is 9.97 Å². The van der Waals surface area contributed by atoms with Crippen LogP contribution in [0.3, 0.4) is 0 Å². The summed E-state index contributed by atoms with van der Waals surface area (Å²) >= 11 is 0. The van der Waals surface area contributed by atoms with Gasteiger partial charge in [-0.3, -0.25) is 4.90 Å². The SMILES string of the molecule is Oc1cc(-c2nc3nc(OCC4(CN5CC[C@@H](F)C5)CC4)nc(N4C5CNCC4C5)c3cc2F)c2c(F)cccc2c1. The van der Waals surface area contributed by atoms with Crippen LogP contribution in [0.5, 0.6) is 11.8 Å². The Balaban J connectivity index is 1.20. The predicted molar refractivity (Wildman–Crippen MR) is 153 cm³/mol. The maximum absolute atomic E-state index is 15.9. The minimum atomic E-state index is -0.767. The van der Waals surface area contributed by atoms with Crippen LogP contribution in [0.4, 0.5) is 19.0 Å². The number of nitrogens with zero attached hydrogens (tertiary/aromatic N) is 5. The highest BCUT2D eigenvalue weighted by molar-refractivity contribution is 5.99. The second-order valence-electron chi connectivity index (χ2n) is 12.4. The molecule has 3 saturated heterocycles. The van der Waals surface area contributed by atoms with E-state index >= 15 is 4.39 Å². The topological polar surface area (TPSA) is 86.6 Å². The Kier molecular flexibility index (Phi) is 5.98. The Morgan fingerprint density at radius 1 is 1.05 bits per heavy atom. The number of fused-ring (bicyclic) bond motifs is 4. The smallest absolute Gasteiger partial charge is 0.320 e. The third-order valence-electron chi connectivity index (χ3n) is 9.34. The van der Waals surface area contributed by atoms with Crippen molar-refractivity contribution < 1.29 is 23.0 Å². The summed E-state index contributed by atoms with van der Waals surface area (Å²) in [5, 5.41) is 14.8. The summed E-state index contributed by atoms with van der Waals surface area (Å²) < 4.78 is 50.9. The molecule has 218 valence electrons. The Morgan fingerprint density at radius 2 is 1.88 bits per heavy atom. The van der Waals surface area contributed by atoms with Crippen LogP contribution in [-0.4, -0.2) is 82.5 Å². The zero-order valence-electron chi connectivity index (χ0n) is 23.0. The normalized spacial score (nSPS) is 24.7. The molecule has 2 aromatic heterocycles. The largest absolute Gasteiger partial charge is 0.508 e. The van der Waals surface area contributed by atoms with Crippen molar-refractivity contribution in [3.63, 3.8) is 0 Å². The molecule has 0 amide bonds. The van der Waals surface area contributed by atoms with Crippen molar-refractivity contribution in [3.8, 4) is 23.0 Å². The Bertz CT molecular complexity index is 1700. The van der Waals surface area contributed by atoms with E-state index in [9.17, 15) is 13.9 Å². The highest BCUT2D eigenvalue weighted by Crippen LogP contribution is 2.47. The van der Waals surface area contributed by atoms with E-state index in [0.717, 1.165) is 45.4 Å². The molecule has 8 nitrogen and oxygen atoms in total. The van der Waals surface area contributed by atoms with Crippen LogP contribution in [0.2, 0.25) is 0 Å². The molecule has 2 N–H and O–H groups in total. The molecule has 1 saturated carbocycles. The second-order valence-corrected chi connectivity index (χ2v) is 12.4. The standard InChI is InChI=1S/C31H31F3N6O2/c32-18-4-7-39(14-18)15-31(5-6-31)16-42-30-37-28-23(29(38-30)40-19-9-20(40)13-35-12-19)11-25(34)27(36-28)22-10-21(41)8-17-2-1-3-24(33)26(17)22/h1-3,8,10-11,18-20,35,41H,4-7,9,12-16H2/t18-,19?,20?/m1/s1. The van der Waals surface area contributed by atoms with E-state index in [1.54, 1.807) is 12.1 Å². The fraction of sp³-hybridized carbons (Fsp3) is 0.452. The average molecular weight is 577 g/mol. The quantitative estimate of drug-likeness (QED) is 0.331. The fourth-order valence-corrected chi connectivity index (χ4v) is 6.97. The molecule has 0 spiro atoms. The summed E-state index contributed by atoms with van der Waals surface area (Å²) in [6, 6.07) is 9.22. The Labute approximate surface area is 240 Å². The van der Waals surface area contributed by atoms with Crippen molar-refractivity contribution in [2.24, 2.45) is 5.41 Å². The zero-order valence-corrected chi connectivity index (χ0v) is 23.0. The van der Waals surface area contributed by atoms with Crippen LogP contribution >= 0.6 is 0 Å². The van der Waals surface area contributed by atoms with E-state index in [0.29, 0.717) is 36.2 Å². The summed E-state index contributed by atoms with van der Waals surface area (Å²) in [7, 11) is 0. The van der Waals surface area contributed by atoms with Crippen molar-refractivity contribution in [3.05, 3.63) is 48.0 Å². The lowest BCUT2D eigenvalue weighted by atomic mass is 9.88. The number of phenolic OH excluding ortho intramolecular Hbond substituents is 1. The number of rotatable bonds is 7. The van der Waals surface area contributed by atoms with E-state index in [2.05, 4.69) is 25.1 Å². The van der Waals surface area contributed by atoms with Crippen molar-refractivity contribution in [1.82, 2.24) is 25.2 Å². The molecule has 5 heterocycles. The van der Waals surface area contributed by atoms with Crippen molar-refractivity contribution in [2.75, 3.05) is 44.2 Å². The van der Waals surface area contributed by atoms with Crippen LogP contribution in [0.15, 0.2) is 36.4 Å². The van der Waals surface area contributed by atoms with Gasteiger partial charge in [0.15, 0.2) is 5.65 Å². The number of piperidine rings is 1. The number of ether oxygens (including phenoxy) is 1. The van der Waals surface area contributed by atoms with Gasteiger partial charge < -0.3 is 20.1 Å². The molecule has 1 aliphatic carbocycles. The number of phenols is 1. The van der Waals surface area contributed by atoms with E-state index in [1.165, 1.54) is 24.3 Å². The molecule has 2 aromatic carbocycles. The molecule has 0 radical (unpaired) electrons. The average Bonchev–Trinajstić information content (AvgIpc) is 3.62. The number of hydrogen-bond donors (Lipinski definition) is 2. The van der Waals surface area contributed by atoms with Gasteiger partial charge in [0.05, 0.1) is 12.0 Å². The van der Waals surface area contributed by atoms with Crippen molar-refractivity contribution >= 4 is 27.6 Å². The number of anilines is 1. The van der Waals surface area contributed by atoms with Gasteiger partial charge in [0, 0.05) is 61.2 Å². The molecule has 11 heteroatoms. The first kappa shape index (κ1) is 26.0. The first-order valence-electron chi connectivity index (χ1n) is 14.6. The van der Waals surface area contributed by atoms with Crippen LogP contribution in [0.25, 0.3) is 33.1 Å². The first-order chi connectivity index (χ1) is 20.4. The van der Waals surface area contributed by atoms with Crippen LogP contribution < -0.4 is 15.0 Å². The summed E-state index contributed by atoms with van der Waals surface area (Å²) in [4.78, 5) is 18.4. The van der Waals surface area contributed by atoms with Crippen LogP contribution in [0.1, 0.15) is 25.7 Å². The van der Waals surface area contributed by atoms with E-state index < -0.39 is 17.8 Å². The summed E-state index contributed by atoms with van der Waals surface area (Å²) in [5.41, 5.74) is 0.216. The van der Waals surface area contributed by atoms with E-state index in [1.807, 2.05) is 0 Å². The molecule has 2 bridgehead atoms. The van der Waals surface area contributed by atoms with Gasteiger partial charge >= 0.3 is 6.01 Å². The van der Waals surface area contributed by atoms with Gasteiger partial charge in [0.2, 0.25) is 0 Å². The number of piperazine rings is 1. The molecule has 42 heavy (non-hydrogen) atoms. The Hall–Kier alpha value is -3.70. The predicted octanol–water partition coefficient (Wildman–Crippen LogP) is 4.58. The number of aromatic hydroxyl groups is 1. The maximum Gasteiger partial charge on any atom is 0.320 e. The number of benzene rings is 2. The number of pyridine rings is 1. The number of likely N-dealkylation sites (tertiary alicyclic amines) is 1. The van der Waals surface area contributed by atoms with Gasteiger partial charge in [-0.1, -0.05) is 12.1 Å². The molecular weight excluding hydrogens is 545 g/mol. The van der Waals surface area contributed by atoms with Crippen molar-refractivity contribution in [2.45, 2.75) is 43.9 Å². The lowest BCUT2D eigenvalue weighted by Crippen LogP contribution is -2.68. The summed E-state index contributed by atoms with van der Waals surface area (Å²) in [6.07, 6.45) is 2.81. The Morgan fingerprint density at radius 3 is 2.62 bits per heavy atom. The lowest BCUT2D eigenvalue weighted by molar-refractivity contribution is 0.164.